The summed E-state index contributed by atoms with van der Waals surface area (Å²) >= 11 is 0. The summed E-state index contributed by atoms with van der Waals surface area (Å²) in [5.41, 5.74) is -0.554. The SMILES string of the molecule is CC(Nc1cccc(F)c1F)c1cccc(C(F)(F)F)c1. The van der Waals surface area contributed by atoms with Gasteiger partial charge in [0.2, 0.25) is 0 Å². The molecule has 0 aliphatic heterocycles. The maximum Gasteiger partial charge on any atom is 0.416 e. The highest BCUT2D eigenvalue weighted by Crippen LogP contribution is 2.31. The highest BCUT2D eigenvalue weighted by molar-refractivity contribution is 5.47. The van der Waals surface area contributed by atoms with Crippen molar-refractivity contribution in [1.29, 1.82) is 0 Å². The molecule has 0 amide bonds. The summed E-state index contributed by atoms with van der Waals surface area (Å²) in [5.74, 6) is -2.08. The Hall–Kier alpha value is -2.11. The Bertz CT molecular complexity index is 636. The highest BCUT2D eigenvalue weighted by Gasteiger charge is 2.30. The number of rotatable bonds is 3. The van der Waals surface area contributed by atoms with Gasteiger partial charge in [-0.25, -0.2) is 8.78 Å². The van der Waals surface area contributed by atoms with E-state index in [-0.39, 0.29) is 5.69 Å². The van der Waals surface area contributed by atoms with Crippen molar-refractivity contribution in [2.24, 2.45) is 0 Å². The summed E-state index contributed by atoms with van der Waals surface area (Å²) in [4.78, 5) is 0. The standard InChI is InChI=1S/C15H12F5N/c1-9(21-13-7-3-6-12(16)14(13)17)10-4-2-5-11(8-10)15(18,19)20/h2-9,21H,1H3. The molecule has 1 atom stereocenters. The molecule has 1 N–H and O–H groups in total. The molecule has 0 heterocycles. The fraction of sp³-hybridized carbons (Fsp3) is 0.200. The van der Waals surface area contributed by atoms with Crippen molar-refractivity contribution in [2.75, 3.05) is 5.32 Å². The lowest BCUT2D eigenvalue weighted by Gasteiger charge is -2.18. The normalized spacial score (nSPS) is 13.0. The predicted molar refractivity (Wildman–Crippen MR) is 69.8 cm³/mol. The van der Waals surface area contributed by atoms with Crippen LogP contribution >= 0.6 is 0 Å². The lowest BCUT2D eigenvalue weighted by molar-refractivity contribution is -0.137. The Morgan fingerprint density at radius 2 is 1.67 bits per heavy atom. The van der Waals surface area contributed by atoms with Crippen LogP contribution in [0.15, 0.2) is 42.5 Å². The van der Waals surface area contributed by atoms with Crippen LogP contribution in [0.5, 0.6) is 0 Å². The second-order valence-electron chi connectivity index (χ2n) is 4.59. The molecule has 0 aromatic heterocycles. The van der Waals surface area contributed by atoms with Gasteiger partial charge in [-0.2, -0.15) is 13.2 Å². The van der Waals surface area contributed by atoms with Gasteiger partial charge >= 0.3 is 6.18 Å². The van der Waals surface area contributed by atoms with Crippen LogP contribution < -0.4 is 5.32 Å². The topological polar surface area (TPSA) is 12.0 Å². The number of hydrogen-bond donors (Lipinski definition) is 1. The summed E-state index contributed by atoms with van der Waals surface area (Å²) in [7, 11) is 0. The van der Waals surface area contributed by atoms with Gasteiger partial charge in [-0.15, -0.1) is 0 Å². The lowest BCUT2D eigenvalue weighted by Crippen LogP contribution is -2.11. The number of hydrogen-bond acceptors (Lipinski definition) is 1. The van der Waals surface area contributed by atoms with Crippen molar-refractivity contribution < 1.29 is 22.0 Å². The number of benzene rings is 2. The van der Waals surface area contributed by atoms with Gasteiger partial charge in [0.25, 0.3) is 0 Å². The summed E-state index contributed by atoms with van der Waals surface area (Å²) in [6.07, 6.45) is -4.44. The van der Waals surface area contributed by atoms with Crippen molar-refractivity contribution in [3.63, 3.8) is 0 Å². The molecule has 0 saturated heterocycles. The minimum absolute atomic E-state index is 0.0973. The molecule has 6 heteroatoms. The second kappa shape index (κ2) is 5.71. The van der Waals surface area contributed by atoms with Crippen LogP contribution in [-0.2, 0) is 6.18 Å². The molecule has 1 nitrogen and oxygen atoms in total. The Morgan fingerprint density at radius 1 is 1.00 bits per heavy atom. The monoisotopic (exact) mass is 301 g/mol. The molecule has 0 spiro atoms. The Balaban J connectivity index is 2.25. The number of nitrogens with one attached hydrogen (secondary N) is 1. The van der Waals surface area contributed by atoms with E-state index in [1.54, 1.807) is 6.92 Å². The van der Waals surface area contributed by atoms with Gasteiger partial charge in [-0.05, 0) is 36.8 Å². The van der Waals surface area contributed by atoms with E-state index in [0.717, 1.165) is 18.2 Å². The van der Waals surface area contributed by atoms with Gasteiger partial charge in [-0.1, -0.05) is 18.2 Å². The van der Waals surface area contributed by atoms with Crippen LogP contribution in [0.1, 0.15) is 24.1 Å². The van der Waals surface area contributed by atoms with Crippen molar-refractivity contribution in [2.45, 2.75) is 19.1 Å². The third-order valence-electron chi connectivity index (χ3n) is 3.04. The zero-order valence-corrected chi connectivity index (χ0v) is 11.0. The van der Waals surface area contributed by atoms with Crippen LogP contribution in [0.4, 0.5) is 27.6 Å². The number of alkyl halides is 3. The van der Waals surface area contributed by atoms with E-state index in [4.69, 9.17) is 0 Å². The highest BCUT2D eigenvalue weighted by atomic mass is 19.4. The Morgan fingerprint density at radius 3 is 2.33 bits per heavy atom. The van der Waals surface area contributed by atoms with Gasteiger partial charge in [0.05, 0.1) is 11.3 Å². The summed E-state index contributed by atoms with van der Waals surface area (Å²) in [5, 5.41) is 2.66. The van der Waals surface area contributed by atoms with E-state index in [1.807, 2.05) is 0 Å². The van der Waals surface area contributed by atoms with Crippen molar-refractivity contribution in [3.05, 3.63) is 65.2 Å². The maximum atomic E-state index is 13.5. The van der Waals surface area contributed by atoms with Crippen LogP contribution in [0, 0.1) is 11.6 Å². The van der Waals surface area contributed by atoms with E-state index < -0.39 is 29.4 Å². The van der Waals surface area contributed by atoms with Gasteiger partial charge < -0.3 is 5.32 Å². The molecular formula is C15H12F5N. The van der Waals surface area contributed by atoms with E-state index in [9.17, 15) is 22.0 Å². The van der Waals surface area contributed by atoms with Gasteiger partial charge in [0.1, 0.15) is 0 Å². The van der Waals surface area contributed by atoms with Gasteiger partial charge in [0, 0.05) is 6.04 Å². The van der Waals surface area contributed by atoms with E-state index in [1.165, 1.54) is 24.3 Å². The van der Waals surface area contributed by atoms with E-state index in [2.05, 4.69) is 5.32 Å². The molecule has 0 fully saturated rings. The first kappa shape index (κ1) is 15.3. The average molecular weight is 301 g/mol. The molecule has 0 aliphatic carbocycles. The molecular weight excluding hydrogens is 289 g/mol. The lowest BCUT2D eigenvalue weighted by atomic mass is 10.0. The first-order chi connectivity index (χ1) is 9.79. The first-order valence-electron chi connectivity index (χ1n) is 6.16. The molecule has 2 aromatic rings. The van der Waals surface area contributed by atoms with E-state index in [0.29, 0.717) is 5.56 Å². The second-order valence-corrected chi connectivity index (χ2v) is 4.59. The van der Waals surface area contributed by atoms with E-state index >= 15 is 0 Å². The van der Waals surface area contributed by atoms with Crippen LogP contribution in [0.2, 0.25) is 0 Å². The summed E-state index contributed by atoms with van der Waals surface area (Å²) in [6, 6.07) is 7.71. The summed E-state index contributed by atoms with van der Waals surface area (Å²) < 4.78 is 64.6. The third kappa shape index (κ3) is 3.51. The zero-order valence-electron chi connectivity index (χ0n) is 11.0. The quantitative estimate of drug-likeness (QED) is 0.772. The van der Waals surface area contributed by atoms with Crippen molar-refractivity contribution in [1.82, 2.24) is 0 Å². The number of anilines is 1. The minimum Gasteiger partial charge on any atom is -0.376 e. The molecule has 2 aromatic carbocycles. The van der Waals surface area contributed by atoms with Crippen LogP contribution in [0.3, 0.4) is 0 Å². The van der Waals surface area contributed by atoms with Gasteiger partial charge in [0.15, 0.2) is 11.6 Å². The molecule has 1 unspecified atom stereocenters. The largest absolute Gasteiger partial charge is 0.416 e. The van der Waals surface area contributed by atoms with Crippen LogP contribution in [0.25, 0.3) is 0 Å². The maximum absolute atomic E-state index is 13.5. The summed E-state index contributed by atoms with van der Waals surface area (Å²) in [6.45, 7) is 1.57. The molecule has 0 aliphatic rings. The average Bonchev–Trinajstić information content (AvgIpc) is 2.43. The predicted octanol–water partition coefficient (Wildman–Crippen LogP) is 5.16. The fourth-order valence-electron chi connectivity index (χ4n) is 1.92. The first-order valence-corrected chi connectivity index (χ1v) is 6.16. The van der Waals surface area contributed by atoms with Crippen molar-refractivity contribution >= 4 is 5.69 Å². The van der Waals surface area contributed by atoms with Crippen molar-refractivity contribution in [3.8, 4) is 0 Å². The van der Waals surface area contributed by atoms with Crippen LogP contribution in [-0.4, -0.2) is 0 Å². The molecule has 0 saturated carbocycles. The Kier molecular flexibility index (Phi) is 4.16. The molecule has 0 radical (unpaired) electrons. The third-order valence-corrected chi connectivity index (χ3v) is 3.04. The molecule has 21 heavy (non-hydrogen) atoms. The fourth-order valence-corrected chi connectivity index (χ4v) is 1.92. The Labute approximate surface area is 118 Å². The number of halogens is 5. The molecule has 0 bridgehead atoms. The smallest absolute Gasteiger partial charge is 0.376 e. The minimum atomic E-state index is -4.44. The molecule has 112 valence electrons. The van der Waals surface area contributed by atoms with Gasteiger partial charge in [-0.3, -0.25) is 0 Å². The molecule has 2 rings (SSSR count). The zero-order chi connectivity index (χ0) is 15.6.